The molecule has 0 aliphatic carbocycles. The van der Waals surface area contributed by atoms with Crippen LogP contribution in [0, 0.1) is 0 Å². The molecule has 1 aromatic carbocycles. The standard InChI is InChI=1S/C19H26F2N2O4S/c20-19(21)27-17-3-5-18(6-4-17)28(24,25)23-15-1-2-16(23)12-14(11-15)22-13-7-9-26-10-8-13/h3-6,13-16,19,22H,1-2,7-12H2. The highest BCUT2D eigenvalue weighted by molar-refractivity contribution is 7.89. The van der Waals surface area contributed by atoms with Gasteiger partial charge in [-0.3, -0.25) is 0 Å². The quantitative estimate of drug-likeness (QED) is 0.772. The second-order valence-electron chi connectivity index (χ2n) is 7.79. The zero-order valence-electron chi connectivity index (χ0n) is 15.6. The van der Waals surface area contributed by atoms with Gasteiger partial charge < -0.3 is 14.8 Å². The van der Waals surface area contributed by atoms with Crippen LogP contribution in [0.1, 0.15) is 38.5 Å². The van der Waals surface area contributed by atoms with Crippen LogP contribution < -0.4 is 10.1 Å². The fourth-order valence-electron chi connectivity index (χ4n) is 4.77. The summed E-state index contributed by atoms with van der Waals surface area (Å²) < 4.78 is 62.3. The second kappa shape index (κ2) is 8.22. The average molecular weight is 416 g/mol. The molecule has 3 aliphatic heterocycles. The minimum Gasteiger partial charge on any atom is -0.435 e. The molecule has 0 aromatic heterocycles. The molecule has 4 rings (SSSR count). The van der Waals surface area contributed by atoms with Gasteiger partial charge in [-0.2, -0.15) is 13.1 Å². The number of nitrogens with zero attached hydrogens (tertiary/aromatic N) is 1. The first-order valence-electron chi connectivity index (χ1n) is 9.85. The molecule has 2 bridgehead atoms. The zero-order chi connectivity index (χ0) is 19.7. The molecule has 3 saturated heterocycles. The predicted molar refractivity (Wildman–Crippen MR) is 98.9 cm³/mol. The van der Waals surface area contributed by atoms with Crippen LogP contribution in [-0.2, 0) is 14.8 Å². The van der Waals surface area contributed by atoms with Crippen molar-refractivity contribution in [3.8, 4) is 5.75 Å². The van der Waals surface area contributed by atoms with E-state index in [1.165, 1.54) is 24.3 Å². The summed E-state index contributed by atoms with van der Waals surface area (Å²) in [5, 5.41) is 3.71. The fourth-order valence-corrected chi connectivity index (χ4v) is 6.67. The molecule has 9 heteroatoms. The van der Waals surface area contributed by atoms with Gasteiger partial charge in [0.2, 0.25) is 10.0 Å². The van der Waals surface area contributed by atoms with Crippen LogP contribution in [0.5, 0.6) is 5.75 Å². The Morgan fingerprint density at radius 1 is 1.00 bits per heavy atom. The number of alkyl halides is 2. The van der Waals surface area contributed by atoms with E-state index in [4.69, 9.17) is 4.74 Å². The minimum atomic E-state index is -3.66. The maximum atomic E-state index is 13.2. The highest BCUT2D eigenvalue weighted by Crippen LogP contribution is 2.40. The van der Waals surface area contributed by atoms with Crippen LogP contribution >= 0.6 is 0 Å². The Bertz CT molecular complexity index is 755. The van der Waals surface area contributed by atoms with E-state index in [1.54, 1.807) is 4.31 Å². The molecule has 1 N–H and O–H groups in total. The molecule has 3 fully saturated rings. The van der Waals surface area contributed by atoms with Gasteiger partial charge in [-0.05, 0) is 62.8 Å². The van der Waals surface area contributed by atoms with Crippen LogP contribution in [-0.4, -0.2) is 56.7 Å². The zero-order valence-corrected chi connectivity index (χ0v) is 16.4. The van der Waals surface area contributed by atoms with Gasteiger partial charge in [0.1, 0.15) is 5.75 Å². The third kappa shape index (κ3) is 4.17. The van der Waals surface area contributed by atoms with Crippen molar-refractivity contribution in [1.82, 2.24) is 9.62 Å². The highest BCUT2D eigenvalue weighted by atomic mass is 32.2. The van der Waals surface area contributed by atoms with Crippen molar-refractivity contribution in [2.45, 2.75) is 74.2 Å². The first-order valence-corrected chi connectivity index (χ1v) is 11.3. The Balaban J connectivity index is 1.44. The Morgan fingerprint density at radius 3 is 2.18 bits per heavy atom. The average Bonchev–Trinajstić information content (AvgIpc) is 2.95. The number of halogens is 2. The maximum Gasteiger partial charge on any atom is 0.387 e. The van der Waals surface area contributed by atoms with E-state index in [0.29, 0.717) is 12.1 Å². The number of sulfonamides is 1. The number of fused-ring (bicyclic) bond motifs is 2. The van der Waals surface area contributed by atoms with Crippen LogP contribution in [0.15, 0.2) is 29.2 Å². The molecule has 0 radical (unpaired) electrons. The Morgan fingerprint density at radius 2 is 1.61 bits per heavy atom. The van der Waals surface area contributed by atoms with Gasteiger partial charge in [-0.15, -0.1) is 0 Å². The largest absolute Gasteiger partial charge is 0.435 e. The maximum absolute atomic E-state index is 13.2. The van der Waals surface area contributed by atoms with E-state index in [1.807, 2.05) is 0 Å². The molecule has 0 spiro atoms. The number of nitrogens with one attached hydrogen (secondary N) is 1. The van der Waals surface area contributed by atoms with Crippen LogP contribution in [0.3, 0.4) is 0 Å². The summed E-state index contributed by atoms with van der Waals surface area (Å²) in [5.74, 6) is -0.0451. The van der Waals surface area contributed by atoms with Crippen LogP contribution in [0.4, 0.5) is 8.78 Å². The summed E-state index contributed by atoms with van der Waals surface area (Å²) in [4.78, 5) is 0.127. The lowest BCUT2D eigenvalue weighted by molar-refractivity contribution is -0.0498. The number of hydrogen-bond donors (Lipinski definition) is 1. The third-order valence-corrected chi connectivity index (χ3v) is 8.00. The molecule has 2 atom stereocenters. The van der Waals surface area contributed by atoms with E-state index in [9.17, 15) is 17.2 Å². The summed E-state index contributed by atoms with van der Waals surface area (Å²) in [6.07, 6.45) is 5.34. The normalized spacial score (nSPS) is 29.3. The molecular formula is C19H26F2N2O4S. The monoisotopic (exact) mass is 416 g/mol. The van der Waals surface area contributed by atoms with E-state index >= 15 is 0 Å². The summed E-state index contributed by atoms with van der Waals surface area (Å²) >= 11 is 0. The van der Waals surface area contributed by atoms with Crippen molar-refractivity contribution >= 4 is 10.0 Å². The van der Waals surface area contributed by atoms with E-state index in [-0.39, 0.29) is 22.7 Å². The van der Waals surface area contributed by atoms with Gasteiger partial charge >= 0.3 is 6.61 Å². The van der Waals surface area contributed by atoms with Crippen LogP contribution in [0.25, 0.3) is 0 Å². The summed E-state index contributed by atoms with van der Waals surface area (Å²) in [6.45, 7) is -1.37. The molecule has 2 unspecified atom stereocenters. The van der Waals surface area contributed by atoms with Gasteiger partial charge in [0.05, 0.1) is 4.90 Å². The topological polar surface area (TPSA) is 67.9 Å². The Kier molecular flexibility index (Phi) is 5.87. The predicted octanol–water partition coefficient (Wildman–Crippen LogP) is 2.74. The molecule has 3 aliphatic rings. The number of benzene rings is 1. The van der Waals surface area contributed by atoms with Gasteiger partial charge in [0, 0.05) is 37.4 Å². The van der Waals surface area contributed by atoms with Gasteiger partial charge in [-0.1, -0.05) is 0 Å². The third-order valence-electron chi connectivity index (χ3n) is 5.98. The molecule has 0 saturated carbocycles. The lowest BCUT2D eigenvalue weighted by Crippen LogP contribution is -2.53. The first kappa shape index (κ1) is 20.0. The van der Waals surface area contributed by atoms with E-state index in [2.05, 4.69) is 10.1 Å². The Labute approximate surface area is 164 Å². The van der Waals surface area contributed by atoms with Crippen molar-refractivity contribution in [2.24, 2.45) is 0 Å². The number of rotatable bonds is 6. The van der Waals surface area contributed by atoms with E-state index < -0.39 is 16.6 Å². The molecule has 3 heterocycles. The highest BCUT2D eigenvalue weighted by Gasteiger charge is 2.47. The van der Waals surface area contributed by atoms with Gasteiger partial charge in [0.15, 0.2) is 0 Å². The van der Waals surface area contributed by atoms with Crippen molar-refractivity contribution < 1.29 is 26.7 Å². The molecular weight excluding hydrogens is 390 g/mol. The van der Waals surface area contributed by atoms with Crippen molar-refractivity contribution in [3.05, 3.63) is 24.3 Å². The summed E-state index contributed by atoms with van der Waals surface area (Å²) in [6, 6.07) is 5.99. The minimum absolute atomic E-state index is 0.0157. The number of ether oxygens (including phenoxy) is 2. The van der Waals surface area contributed by atoms with Crippen molar-refractivity contribution in [2.75, 3.05) is 13.2 Å². The molecule has 1 aromatic rings. The van der Waals surface area contributed by atoms with Gasteiger partial charge in [0.25, 0.3) is 0 Å². The summed E-state index contributed by atoms with van der Waals surface area (Å²) in [7, 11) is -3.66. The molecule has 6 nitrogen and oxygen atoms in total. The SMILES string of the molecule is O=S(=O)(c1ccc(OC(F)F)cc1)N1C2CCC1CC(NC1CCOCC1)C2. The molecule has 156 valence electrons. The lowest BCUT2D eigenvalue weighted by atomic mass is 9.97. The lowest BCUT2D eigenvalue weighted by Gasteiger charge is -2.40. The van der Waals surface area contributed by atoms with E-state index in [0.717, 1.165) is 51.7 Å². The number of hydrogen-bond acceptors (Lipinski definition) is 5. The fraction of sp³-hybridized carbons (Fsp3) is 0.684. The van der Waals surface area contributed by atoms with Gasteiger partial charge in [-0.25, -0.2) is 8.42 Å². The smallest absolute Gasteiger partial charge is 0.387 e. The first-order chi connectivity index (χ1) is 13.4. The van der Waals surface area contributed by atoms with Crippen LogP contribution in [0.2, 0.25) is 0 Å². The molecule has 0 amide bonds. The Hall–Kier alpha value is -1.29. The van der Waals surface area contributed by atoms with Crippen molar-refractivity contribution in [1.29, 1.82) is 0 Å². The second-order valence-corrected chi connectivity index (χ2v) is 9.63. The number of piperidine rings is 1. The summed E-state index contributed by atoms with van der Waals surface area (Å²) in [5.41, 5.74) is 0. The molecule has 28 heavy (non-hydrogen) atoms. The van der Waals surface area contributed by atoms with Crippen molar-refractivity contribution in [3.63, 3.8) is 0 Å².